The summed E-state index contributed by atoms with van der Waals surface area (Å²) in [5.74, 6) is 0. The van der Waals surface area contributed by atoms with Gasteiger partial charge < -0.3 is 4.79 Å². The number of carbonyl (C=O) groups is 1. The molecule has 1 heterocycles. The molecule has 1 aromatic heterocycles. The third-order valence-electron chi connectivity index (χ3n) is 2.36. The van der Waals surface area contributed by atoms with Gasteiger partial charge in [0, 0.05) is 11.8 Å². The second kappa shape index (κ2) is 3.07. The number of halogens is 1. The van der Waals surface area contributed by atoms with Gasteiger partial charge >= 0.3 is 0 Å². The van der Waals surface area contributed by atoms with Gasteiger partial charge in [-0.1, -0.05) is 11.6 Å². The molecule has 0 aliphatic heterocycles. The van der Waals surface area contributed by atoms with Gasteiger partial charge in [0.25, 0.3) is 0 Å². The zero-order chi connectivity index (χ0) is 9.31. The third-order valence-corrected chi connectivity index (χ3v) is 2.56. The molecule has 1 aliphatic rings. The van der Waals surface area contributed by atoms with Crippen molar-refractivity contribution in [1.82, 2.24) is 10.2 Å². The summed E-state index contributed by atoms with van der Waals surface area (Å²) in [7, 11) is 0. The van der Waals surface area contributed by atoms with E-state index >= 15 is 0 Å². The van der Waals surface area contributed by atoms with Gasteiger partial charge in [-0.15, -0.1) is 5.10 Å². The lowest BCUT2D eigenvalue weighted by Crippen LogP contribution is -2.08. The number of carbonyl (C=O) groups excluding carboxylic acids is 1. The first-order chi connectivity index (χ1) is 6.24. The molecule has 1 fully saturated rings. The molecule has 3 nitrogen and oxygen atoms in total. The van der Waals surface area contributed by atoms with Gasteiger partial charge in [0.15, 0.2) is 5.15 Å². The average molecular weight is 197 g/mol. The lowest BCUT2D eigenvalue weighted by molar-refractivity contribution is -0.112. The van der Waals surface area contributed by atoms with Crippen molar-refractivity contribution >= 4 is 17.9 Å². The number of nitrogens with zero attached hydrogens (tertiary/aromatic N) is 2. The van der Waals surface area contributed by atoms with Gasteiger partial charge in [-0.25, -0.2) is 0 Å². The molecule has 0 spiro atoms. The van der Waals surface area contributed by atoms with Crippen molar-refractivity contribution in [3.8, 4) is 0 Å². The Hall–Kier alpha value is -0.960. The molecule has 4 heteroatoms. The summed E-state index contributed by atoms with van der Waals surface area (Å²) in [6, 6.07) is 3.52. The molecule has 1 aromatic rings. The number of aldehydes is 1. The Morgan fingerprint density at radius 3 is 2.69 bits per heavy atom. The highest BCUT2D eigenvalue weighted by Gasteiger charge is 2.42. The highest BCUT2D eigenvalue weighted by atomic mass is 35.5. The Morgan fingerprint density at radius 2 is 2.23 bits per heavy atom. The van der Waals surface area contributed by atoms with Gasteiger partial charge in [-0.2, -0.15) is 5.10 Å². The summed E-state index contributed by atoms with van der Waals surface area (Å²) in [6.07, 6.45) is 3.67. The molecular weight excluding hydrogens is 188 g/mol. The fourth-order valence-electron chi connectivity index (χ4n) is 1.30. The standard InChI is InChI=1S/C9H9ClN2O/c10-8-2-1-7(11-12-8)5-9(6-13)3-4-9/h1-2,6H,3-5H2. The van der Waals surface area contributed by atoms with Gasteiger partial charge in [0.2, 0.25) is 0 Å². The van der Waals surface area contributed by atoms with Crippen LogP contribution in [0.1, 0.15) is 18.5 Å². The molecule has 1 saturated carbocycles. The van der Waals surface area contributed by atoms with E-state index < -0.39 is 0 Å². The number of aromatic nitrogens is 2. The minimum Gasteiger partial charge on any atom is -0.303 e. The van der Waals surface area contributed by atoms with E-state index in [9.17, 15) is 4.79 Å². The minimum atomic E-state index is -0.136. The summed E-state index contributed by atoms with van der Waals surface area (Å²) >= 11 is 5.59. The zero-order valence-corrected chi connectivity index (χ0v) is 7.79. The number of hydrogen-bond donors (Lipinski definition) is 0. The molecule has 68 valence electrons. The summed E-state index contributed by atoms with van der Waals surface area (Å²) < 4.78 is 0. The van der Waals surface area contributed by atoms with Crippen LogP contribution in [0.15, 0.2) is 12.1 Å². The van der Waals surface area contributed by atoms with Crippen LogP contribution in [0.4, 0.5) is 0 Å². The maximum Gasteiger partial charge on any atom is 0.151 e. The van der Waals surface area contributed by atoms with E-state index in [4.69, 9.17) is 11.6 Å². The first-order valence-corrected chi connectivity index (χ1v) is 4.56. The Morgan fingerprint density at radius 1 is 1.46 bits per heavy atom. The summed E-state index contributed by atoms with van der Waals surface area (Å²) in [4.78, 5) is 10.7. The summed E-state index contributed by atoms with van der Waals surface area (Å²) in [5, 5.41) is 8.02. The first kappa shape index (κ1) is 8.63. The average Bonchev–Trinajstić information content (AvgIpc) is 2.90. The molecule has 0 saturated heterocycles. The van der Waals surface area contributed by atoms with Gasteiger partial charge in [-0.3, -0.25) is 0 Å². The van der Waals surface area contributed by atoms with E-state index in [1.165, 1.54) is 0 Å². The predicted molar refractivity (Wildman–Crippen MR) is 48.5 cm³/mol. The van der Waals surface area contributed by atoms with Crippen molar-refractivity contribution < 1.29 is 4.79 Å². The maximum absolute atomic E-state index is 10.7. The summed E-state index contributed by atoms with van der Waals surface area (Å²) in [5.41, 5.74) is 0.705. The molecule has 0 bridgehead atoms. The monoisotopic (exact) mass is 196 g/mol. The molecule has 0 radical (unpaired) electrons. The Labute approximate surface area is 81.1 Å². The smallest absolute Gasteiger partial charge is 0.151 e. The molecule has 13 heavy (non-hydrogen) atoms. The minimum absolute atomic E-state index is 0.136. The van der Waals surface area contributed by atoms with E-state index in [0.29, 0.717) is 11.6 Å². The van der Waals surface area contributed by atoms with Crippen LogP contribution in [0, 0.1) is 5.41 Å². The lowest BCUT2D eigenvalue weighted by atomic mass is 10.0. The number of hydrogen-bond acceptors (Lipinski definition) is 3. The van der Waals surface area contributed by atoms with Crippen molar-refractivity contribution in [3.05, 3.63) is 23.0 Å². The second-order valence-electron chi connectivity index (χ2n) is 3.50. The van der Waals surface area contributed by atoms with E-state index in [-0.39, 0.29) is 5.41 Å². The van der Waals surface area contributed by atoms with Crippen LogP contribution in [-0.2, 0) is 11.2 Å². The summed E-state index contributed by atoms with van der Waals surface area (Å²) in [6.45, 7) is 0. The van der Waals surface area contributed by atoms with Crippen molar-refractivity contribution in [1.29, 1.82) is 0 Å². The molecule has 0 N–H and O–H groups in total. The fraction of sp³-hybridized carbons (Fsp3) is 0.444. The normalized spacial score (nSPS) is 18.2. The number of rotatable bonds is 3. The molecule has 0 aromatic carbocycles. The van der Waals surface area contributed by atoms with Crippen LogP contribution >= 0.6 is 11.6 Å². The fourth-order valence-corrected chi connectivity index (χ4v) is 1.40. The highest BCUT2D eigenvalue weighted by Crippen LogP contribution is 2.45. The first-order valence-electron chi connectivity index (χ1n) is 4.19. The van der Waals surface area contributed by atoms with Crippen molar-refractivity contribution in [2.45, 2.75) is 19.3 Å². The van der Waals surface area contributed by atoms with E-state index in [1.54, 1.807) is 6.07 Å². The Balaban J connectivity index is 2.10. The van der Waals surface area contributed by atoms with Crippen LogP contribution in [0.3, 0.4) is 0 Å². The quantitative estimate of drug-likeness (QED) is 0.691. The molecule has 0 atom stereocenters. The topological polar surface area (TPSA) is 42.9 Å². The van der Waals surface area contributed by atoms with E-state index in [1.807, 2.05) is 6.07 Å². The van der Waals surface area contributed by atoms with Crippen LogP contribution < -0.4 is 0 Å². The second-order valence-corrected chi connectivity index (χ2v) is 3.89. The Kier molecular flexibility index (Phi) is 2.04. The third kappa shape index (κ3) is 1.86. The van der Waals surface area contributed by atoms with Crippen molar-refractivity contribution in [2.24, 2.45) is 5.41 Å². The van der Waals surface area contributed by atoms with Gasteiger partial charge in [0.05, 0.1) is 5.69 Å². The predicted octanol–water partition coefficient (Wildman–Crippen LogP) is 1.65. The van der Waals surface area contributed by atoms with Crippen LogP contribution in [0.25, 0.3) is 0 Å². The van der Waals surface area contributed by atoms with Crippen LogP contribution in [-0.4, -0.2) is 16.5 Å². The molecule has 1 aliphatic carbocycles. The van der Waals surface area contributed by atoms with E-state index in [0.717, 1.165) is 24.8 Å². The van der Waals surface area contributed by atoms with Crippen molar-refractivity contribution in [2.75, 3.05) is 0 Å². The van der Waals surface area contributed by atoms with E-state index in [2.05, 4.69) is 10.2 Å². The van der Waals surface area contributed by atoms with Crippen LogP contribution in [0.2, 0.25) is 5.15 Å². The molecule has 0 unspecified atom stereocenters. The molecular formula is C9H9ClN2O. The zero-order valence-electron chi connectivity index (χ0n) is 7.03. The molecule has 2 rings (SSSR count). The SMILES string of the molecule is O=CC1(Cc2ccc(Cl)nn2)CC1. The van der Waals surface area contributed by atoms with Gasteiger partial charge in [0.1, 0.15) is 6.29 Å². The van der Waals surface area contributed by atoms with Crippen molar-refractivity contribution in [3.63, 3.8) is 0 Å². The van der Waals surface area contributed by atoms with Gasteiger partial charge in [-0.05, 0) is 25.0 Å². The largest absolute Gasteiger partial charge is 0.303 e. The maximum atomic E-state index is 10.7. The lowest BCUT2D eigenvalue weighted by Gasteiger charge is -2.04. The molecule has 0 amide bonds. The Bertz CT molecular complexity index is 319. The highest BCUT2D eigenvalue weighted by molar-refractivity contribution is 6.29. The van der Waals surface area contributed by atoms with Crippen LogP contribution in [0.5, 0.6) is 0 Å².